The van der Waals surface area contributed by atoms with Gasteiger partial charge in [-0.25, -0.2) is 0 Å². The van der Waals surface area contributed by atoms with Gasteiger partial charge in [-0.05, 0) is 37.7 Å². The number of hydrogen-bond donors (Lipinski definition) is 1. The minimum absolute atomic E-state index is 0.1000. The van der Waals surface area contributed by atoms with Gasteiger partial charge in [0.2, 0.25) is 11.7 Å². The van der Waals surface area contributed by atoms with E-state index in [2.05, 4.69) is 19.0 Å². The van der Waals surface area contributed by atoms with Crippen LogP contribution in [-0.2, 0) is 4.79 Å². The van der Waals surface area contributed by atoms with Crippen molar-refractivity contribution < 1.29 is 19.2 Å². The number of likely N-dealkylation sites (tertiary alicyclic amines) is 2. The number of rotatable bonds is 4. The van der Waals surface area contributed by atoms with Crippen molar-refractivity contribution in [2.45, 2.75) is 52.2 Å². The summed E-state index contributed by atoms with van der Waals surface area (Å²) < 4.78 is 5.12. The van der Waals surface area contributed by atoms with Crippen LogP contribution >= 0.6 is 0 Å². The summed E-state index contributed by atoms with van der Waals surface area (Å²) in [4.78, 5) is 30.1. The van der Waals surface area contributed by atoms with E-state index in [9.17, 15) is 14.7 Å². The highest BCUT2D eigenvalue weighted by molar-refractivity contribution is 5.92. The zero-order valence-corrected chi connectivity index (χ0v) is 18.5. The molecule has 2 saturated heterocycles. The van der Waals surface area contributed by atoms with Crippen molar-refractivity contribution >= 4 is 11.8 Å². The topological polar surface area (TPSA) is 86.9 Å². The van der Waals surface area contributed by atoms with Gasteiger partial charge in [-0.15, -0.1) is 0 Å². The fourth-order valence-corrected chi connectivity index (χ4v) is 5.06. The van der Waals surface area contributed by atoms with Crippen molar-refractivity contribution in [3.63, 3.8) is 0 Å². The van der Waals surface area contributed by atoms with Crippen molar-refractivity contribution in [3.8, 4) is 0 Å². The molecule has 166 valence electrons. The standard InChI is InChI=1S/C24H31N3O4/c1-16(2)15-27-21(18-7-5-4-6-8-18)19(28)14-24(23(27)30)9-11-26(12-10-24)22(29)20-13-17(3)25-31-20/h4-8,13,16,19,21,28H,9-12,14-15H2,1-3H3/t19-,21+/m1/s1. The fourth-order valence-electron chi connectivity index (χ4n) is 5.06. The van der Waals surface area contributed by atoms with E-state index >= 15 is 0 Å². The summed E-state index contributed by atoms with van der Waals surface area (Å²) in [7, 11) is 0. The van der Waals surface area contributed by atoms with Gasteiger partial charge in [-0.3, -0.25) is 9.59 Å². The molecule has 2 aliphatic heterocycles. The lowest BCUT2D eigenvalue weighted by atomic mass is 9.68. The van der Waals surface area contributed by atoms with E-state index < -0.39 is 11.5 Å². The monoisotopic (exact) mass is 425 g/mol. The minimum Gasteiger partial charge on any atom is -0.391 e. The maximum absolute atomic E-state index is 13.8. The van der Waals surface area contributed by atoms with Crippen molar-refractivity contribution in [2.75, 3.05) is 19.6 Å². The molecule has 0 aliphatic carbocycles. The zero-order chi connectivity index (χ0) is 22.2. The molecule has 1 N–H and O–H groups in total. The van der Waals surface area contributed by atoms with Crippen LogP contribution in [0.15, 0.2) is 40.9 Å². The Bertz CT molecular complexity index is 931. The second-order valence-corrected chi connectivity index (χ2v) is 9.38. The van der Waals surface area contributed by atoms with Crippen LogP contribution in [0.2, 0.25) is 0 Å². The van der Waals surface area contributed by atoms with Gasteiger partial charge >= 0.3 is 0 Å². The molecule has 2 aliphatic rings. The second-order valence-electron chi connectivity index (χ2n) is 9.38. The third kappa shape index (κ3) is 4.11. The summed E-state index contributed by atoms with van der Waals surface area (Å²) in [5.74, 6) is 0.423. The molecule has 1 spiro atoms. The Morgan fingerprint density at radius 2 is 1.94 bits per heavy atom. The van der Waals surface area contributed by atoms with Crippen molar-refractivity contribution in [1.82, 2.24) is 15.0 Å². The van der Waals surface area contributed by atoms with Gasteiger partial charge in [-0.1, -0.05) is 49.3 Å². The van der Waals surface area contributed by atoms with E-state index in [1.54, 1.807) is 17.9 Å². The highest BCUT2D eigenvalue weighted by atomic mass is 16.5. The molecule has 7 heteroatoms. The number of carbonyl (C=O) groups excluding carboxylic acids is 2. The lowest BCUT2D eigenvalue weighted by Crippen LogP contribution is -2.59. The van der Waals surface area contributed by atoms with Crippen molar-refractivity contribution in [2.24, 2.45) is 11.3 Å². The number of carbonyl (C=O) groups is 2. The molecular weight excluding hydrogens is 394 g/mol. The van der Waals surface area contributed by atoms with E-state index in [-0.39, 0.29) is 29.5 Å². The molecule has 2 amide bonds. The maximum Gasteiger partial charge on any atom is 0.292 e. The fraction of sp³-hybridized carbons (Fsp3) is 0.542. The van der Waals surface area contributed by atoms with Gasteiger partial charge in [-0.2, -0.15) is 0 Å². The molecular formula is C24H31N3O4. The van der Waals surface area contributed by atoms with E-state index in [0.717, 1.165) is 5.56 Å². The number of aliphatic hydroxyl groups excluding tert-OH is 1. The van der Waals surface area contributed by atoms with Gasteiger partial charge in [0.1, 0.15) is 0 Å². The summed E-state index contributed by atoms with van der Waals surface area (Å²) in [6.45, 7) is 7.47. The Kier molecular flexibility index (Phi) is 5.88. The van der Waals surface area contributed by atoms with Gasteiger partial charge < -0.3 is 19.4 Å². The summed E-state index contributed by atoms with van der Waals surface area (Å²) in [5, 5.41) is 15.0. The first-order chi connectivity index (χ1) is 14.8. The summed E-state index contributed by atoms with van der Waals surface area (Å²) in [6, 6.07) is 11.1. The van der Waals surface area contributed by atoms with E-state index in [4.69, 9.17) is 4.52 Å². The summed E-state index contributed by atoms with van der Waals surface area (Å²) in [5.41, 5.74) is 0.999. The van der Waals surface area contributed by atoms with Gasteiger partial charge in [0.15, 0.2) is 0 Å². The van der Waals surface area contributed by atoms with Crippen LogP contribution < -0.4 is 0 Å². The van der Waals surface area contributed by atoms with E-state index in [0.29, 0.717) is 44.6 Å². The lowest BCUT2D eigenvalue weighted by Gasteiger charge is -2.51. The number of piperidine rings is 2. The molecule has 0 bridgehead atoms. The van der Waals surface area contributed by atoms with Crippen LogP contribution in [0.1, 0.15) is 61.0 Å². The third-order valence-corrected chi connectivity index (χ3v) is 6.56. The Morgan fingerprint density at radius 1 is 1.26 bits per heavy atom. The number of aromatic nitrogens is 1. The quantitative estimate of drug-likeness (QED) is 0.813. The smallest absolute Gasteiger partial charge is 0.292 e. The normalized spacial score (nSPS) is 23.6. The number of aryl methyl sites for hydroxylation is 1. The molecule has 1 aromatic carbocycles. The summed E-state index contributed by atoms with van der Waals surface area (Å²) in [6.07, 6.45) is 0.858. The first-order valence-electron chi connectivity index (χ1n) is 11.1. The van der Waals surface area contributed by atoms with E-state index in [1.165, 1.54) is 0 Å². The first kappa shape index (κ1) is 21.6. The van der Waals surface area contributed by atoms with Crippen LogP contribution in [0.25, 0.3) is 0 Å². The minimum atomic E-state index is -0.641. The Balaban J connectivity index is 1.54. The maximum atomic E-state index is 13.8. The average Bonchev–Trinajstić information content (AvgIpc) is 3.19. The molecule has 4 rings (SSSR count). The molecule has 31 heavy (non-hydrogen) atoms. The Hall–Kier alpha value is -2.67. The van der Waals surface area contributed by atoms with Crippen molar-refractivity contribution in [3.05, 3.63) is 53.4 Å². The second kappa shape index (κ2) is 8.46. The molecule has 2 atom stereocenters. The molecule has 2 fully saturated rings. The molecule has 0 saturated carbocycles. The van der Waals surface area contributed by atoms with Crippen LogP contribution in [0.5, 0.6) is 0 Å². The van der Waals surface area contributed by atoms with Gasteiger partial charge in [0.05, 0.1) is 23.3 Å². The third-order valence-electron chi connectivity index (χ3n) is 6.56. The predicted octanol–water partition coefficient (Wildman–Crippen LogP) is 3.20. The SMILES string of the molecule is Cc1cc(C(=O)N2CCC3(CC2)C[C@@H](O)[C@H](c2ccccc2)N(CC(C)C)C3=O)on1. The number of amides is 2. The first-order valence-corrected chi connectivity index (χ1v) is 11.1. The van der Waals surface area contributed by atoms with E-state index in [1.807, 2.05) is 35.2 Å². The number of hydrogen-bond acceptors (Lipinski definition) is 5. The molecule has 7 nitrogen and oxygen atoms in total. The Labute approximate surface area is 183 Å². The lowest BCUT2D eigenvalue weighted by molar-refractivity contribution is -0.164. The highest BCUT2D eigenvalue weighted by Crippen LogP contribution is 2.47. The van der Waals surface area contributed by atoms with Crippen LogP contribution in [-0.4, -0.2) is 57.6 Å². The number of benzene rings is 1. The molecule has 1 aromatic heterocycles. The molecule has 3 heterocycles. The van der Waals surface area contributed by atoms with Crippen LogP contribution in [0.4, 0.5) is 0 Å². The van der Waals surface area contributed by atoms with Gasteiger partial charge in [0, 0.05) is 25.7 Å². The Morgan fingerprint density at radius 3 is 2.52 bits per heavy atom. The average molecular weight is 426 g/mol. The molecule has 2 aromatic rings. The molecule has 0 unspecified atom stereocenters. The van der Waals surface area contributed by atoms with Crippen LogP contribution in [0.3, 0.4) is 0 Å². The number of aliphatic hydroxyl groups is 1. The highest BCUT2D eigenvalue weighted by Gasteiger charge is 2.52. The van der Waals surface area contributed by atoms with Crippen LogP contribution in [0, 0.1) is 18.3 Å². The number of nitrogens with zero attached hydrogens (tertiary/aromatic N) is 3. The summed E-state index contributed by atoms with van der Waals surface area (Å²) >= 11 is 0. The predicted molar refractivity (Wildman–Crippen MR) is 115 cm³/mol. The zero-order valence-electron chi connectivity index (χ0n) is 18.5. The van der Waals surface area contributed by atoms with Gasteiger partial charge in [0.25, 0.3) is 5.91 Å². The largest absolute Gasteiger partial charge is 0.391 e. The van der Waals surface area contributed by atoms with Crippen molar-refractivity contribution in [1.29, 1.82) is 0 Å². The molecule has 0 radical (unpaired) electrons.